The molecule has 0 radical (unpaired) electrons. The lowest BCUT2D eigenvalue weighted by molar-refractivity contribution is -0.118. The predicted octanol–water partition coefficient (Wildman–Crippen LogP) is 3.59. The molecule has 0 spiro atoms. The average Bonchev–Trinajstić information content (AvgIpc) is 2.61. The van der Waals surface area contributed by atoms with Crippen LogP contribution in [-0.4, -0.2) is 33.1 Å². The Morgan fingerprint density at radius 3 is 2.81 bits per heavy atom. The molecule has 1 saturated heterocycles. The summed E-state index contributed by atoms with van der Waals surface area (Å²) in [6.45, 7) is 8.40. The van der Waals surface area contributed by atoms with Crippen molar-refractivity contribution in [2.45, 2.75) is 72.0 Å². The minimum Gasteiger partial charge on any atom is -0.300 e. The number of aromatic nitrogens is 2. The van der Waals surface area contributed by atoms with Crippen LogP contribution in [0.2, 0.25) is 5.02 Å². The molecule has 5 heteroatoms. The van der Waals surface area contributed by atoms with E-state index in [1.54, 1.807) is 6.92 Å². The van der Waals surface area contributed by atoms with Gasteiger partial charge in [-0.1, -0.05) is 24.4 Å². The van der Waals surface area contributed by atoms with E-state index in [0.717, 1.165) is 42.5 Å². The SMILES string of the molecule is CCn1nc(C)c(Cl)c1CN1CCCCCC1CC(C)=O. The van der Waals surface area contributed by atoms with Gasteiger partial charge in [-0.25, -0.2) is 0 Å². The zero-order valence-corrected chi connectivity index (χ0v) is 14.1. The van der Waals surface area contributed by atoms with Crippen LogP contribution in [0.1, 0.15) is 57.3 Å². The van der Waals surface area contributed by atoms with Gasteiger partial charge in [-0.15, -0.1) is 0 Å². The first-order valence-electron chi connectivity index (χ1n) is 7.98. The zero-order chi connectivity index (χ0) is 15.4. The highest BCUT2D eigenvalue weighted by atomic mass is 35.5. The van der Waals surface area contributed by atoms with Crippen molar-refractivity contribution >= 4 is 17.4 Å². The molecule has 1 unspecified atom stereocenters. The Balaban J connectivity index is 2.19. The molecule has 4 nitrogen and oxygen atoms in total. The van der Waals surface area contributed by atoms with Gasteiger partial charge in [-0.3, -0.25) is 14.4 Å². The van der Waals surface area contributed by atoms with Gasteiger partial charge in [0.15, 0.2) is 0 Å². The van der Waals surface area contributed by atoms with Gasteiger partial charge in [0.05, 0.1) is 16.4 Å². The Morgan fingerprint density at radius 2 is 2.14 bits per heavy atom. The fraction of sp³-hybridized carbons (Fsp3) is 0.750. The van der Waals surface area contributed by atoms with E-state index >= 15 is 0 Å². The maximum Gasteiger partial charge on any atom is 0.131 e. The van der Waals surface area contributed by atoms with E-state index in [4.69, 9.17) is 11.6 Å². The molecule has 21 heavy (non-hydrogen) atoms. The number of carbonyl (C=O) groups excluding carboxylic acids is 1. The van der Waals surface area contributed by atoms with Crippen molar-refractivity contribution < 1.29 is 4.79 Å². The molecule has 2 rings (SSSR count). The van der Waals surface area contributed by atoms with Gasteiger partial charge in [0.25, 0.3) is 0 Å². The molecule has 0 aromatic carbocycles. The molecule has 118 valence electrons. The average molecular weight is 312 g/mol. The summed E-state index contributed by atoms with van der Waals surface area (Å²) in [6, 6.07) is 0.349. The molecule has 0 N–H and O–H groups in total. The van der Waals surface area contributed by atoms with Gasteiger partial charge in [0.2, 0.25) is 0 Å². The smallest absolute Gasteiger partial charge is 0.131 e. The Morgan fingerprint density at radius 1 is 1.38 bits per heavy atom. The third-order valence-electron chi connectivity index (χ3n) is 4.33. The van der Waals surface area contributed by atoms with E-state index in [9.17, 15) is 4.79 Å². The van der Waals surface area contributed by atoms with Crippen molar-refractivity contribution in [1.82, 2.24) is 14.7 Å². The van der Waals surface area contributed by atoms with Crippen molar-refractivity contribution in [2.24, 2.45) is 0 Å². The number of carbonyl (C=O) groups is 1. The lowest BCUT2D eigenvalue weighted by Crippen LogP contribution is -2.36. The van der Waals surface area contributed by atoms with E-state index in [0.29, 0.717) is 12.5 Å². The maximum absolute atomic E-state index is 11.5. The third-order valence-corrected chi connectivity index (χ3v) is 4.82. The van der Waals surface area contributed by atoms with Crippen LogP contribution in [0.5, 0.6) is 0 Å². The number of hydrogen-bond acceptors (Lipinski definition) is 3. The van der Waals surface area contributed by atoms with Crippen LogP contribution in [0, 0.1) is 6.92 Å². The van der Waals surface area contributed by atoms with Crippen LogP contribution < -0.4 is 0 Å². The van der Waals surface area contributed by atoms with Crippen molar-refractivity contribution in [3.8, 4) is 0 Å². The van der Waals surface area contributed by atoms with Gasteiger partial charge in [0, 0.05) is 25.6 Å². The lowest BCUT2D eigenvalue weighted by Gasteiger charge is -2.29. The van der Waals surface area contributed by atoms with Crippen molar-refractivity contribution in [2.75, 3.05) is 6.54 Å². The van der Waals surface area contributed by atoms with E-state index in [2.05, 4.69) is 16.9 Å². The third kappa shape index (κ3) is 4.07. The highest BCUT2D eigenvalue weighted by Crippen LogP contribution is 2.26. The molecule has 1 aliphatic rings. The van der Waals surface area contributed by atoms with E-state index in [1.165, 1.54) is 19.3 Å². The highest BCUT2D eigenvalue weighted by molar-refractivity contribution is 6.31. The number of rotatable bonds is 5. The molecule has 0 amide bonds. The second kappa shape index (κ2) is 7.41. The quantitative estimate of drug-likeness (QED) is 0.834. The second-order valence-electron chi connectivity index (χ2n) is 6.04. The number of Topliss-reactive ketones (excluding diaryl/α,β-unsaturated/α-hetero) is 1. The summed E-state index contributed by atoms with van der Waals surface area (Å²) in [5.74, 6) is 0.276. The van der Waals surface area contributed by atoms with Crippen molar-refractivity contribution in [3.63, 3.8) is 0 Å². The summed E-state index contributed by atoms with van der Waals surface area (Å²) in [4.78, 5) is 14.0. The van der Waals surface area contributed by atoms with Crippen LogP contribution >= 0.6 is 11.6 Å². The first-order valence-corrected chi connectivity index (χ1v) is 8.36. The molecule has 1 atom stereocenters. The van der Waals surface area contributed by atoms with Gasteiger partial charge in [-0.2, -0.15) is 5.10 Å². The van der Waals surface area contributed by atoms with Crippen LogP contribution in [-0.2, 0) is 17.9 Å². The molecule has 0 saturated carbocycles. The Labute approximate surface area is 132 Å². The number of hydrogen-bond donors (Lipinski definition) is 0. The Kier molecular flexibility index (Phi) is 5.82. The first kappa shape index (κ1) is 16.5. The Bertz CT molecular complexity index is 498. The minimum absolute atomic E-state index is 0.276. The summed E-state index contributed by atoms with van der Waals surface area (Å²) in [5.41, 5.74) is 1.98. The summed E-state index contributed by atoms with van der Waals surface area (Å²) in [5, 5.41) is 5.27. The molecular weight excluding hydrogens is 286 g/mol. The van der Waals surface area contributed by atoms with Crippen LogP contribution in [0.3, 0.4) is 0 Å². The molecule has 1 fully saturated rings. The number of aryl methyl sites for hydroxylation is 2. The summed E-state index contributed by atoms with van der Waals surface area (Å²) < 4.78 is 1.99. The van der Waals surface area contributed by atoms with Crippen LogP contribution in [0.4, 0.5) is 0 Å². The monoisotopic (exact) mass is 311 g/mol. The summed E-state index contributed by atoms with van der Waals surface area (Å²) in [7, 11) is 0. The van der Waals surface area contributed by atoms with Gasteiger partial charge in [-0.05, 0) is 40.2 Å². The predicted molar refractivity (Wildman–Crippen MR) is 85.6 cm³/mol. The molecule has 1 aromatic heterocycles. The minimum atomic E-state index is 0.276. The van der Waals surface area contributed by atoms with E-state index in [1.807, 2.05) is 11.6 Å². The van der Waals surface area contributed by atoms with Crippen molar-refractivity contribution in [3.05, 3.63) is 16.4 Å². The molecule has 0 bridgehead atoms. The number of halogens is 1. The molecule has 0 aliphatic carbocycles. The van der Waals surface area contributed by atoms with E-state index < -0.39 is 0 Å². The number of ketones is 1. The van der Waals surface area contributed by atoms with Crippen LogP contribution in [0.15, 0.2) is 0 Å². The second-order valence-corrected chi connectivity index (χ2v) is 6.42. The lowest BCUT2D eigenvalue weighted by atomic mass is 10.0. The van der Waals surface area contributed by atoms with Gasteiger partial charge < -0.3 is 0 Å². The summed E-state index contributed by atoms with van der Waals surface area (Å²) in [6.07, 6.45) is 5.43. The maximum atomic E-state index is 11.5. The standard InChI is InChI=1S/C16H26ClN3O/c1-4-20-15(16(17)13(3)18-20)11-19-9-7-5-6-8-14(19)10-12(2)21/h14H,4-11H2,1-3H3. The summed E-state index contributed by atoms with van der Waals surface area (Å²) >= 11 is 6.43. The van der Waals surface area contributed by atoms with Crippen LogP contribution in [0.25, 0.3) is 0 Å². The van der Waals surface area contributed by atoms with E-state index in [-0.39, 0.29) is 5.78 Å². The topological polar surface area (TPSA) is 38.1 Å². The van der Waals surface area contributed by atoms with Crippen molar-refractivity contribution in [1.29, 1.82) is 0 Å². The fourth-order valence-electron chi connectivity index (χ4n) is 3.22. The first-order chi connectivity index (χ1) is 10.0. The Hall–Kier alpha value is -0.870. The molecule has 2 heterocycles. The molecular formula is C16H26ClN3O. The number of likely N-dealkylation sites (tertiary alicyclic amines) is 1. The normalized spacial score (nSPS) is 20.5. The van der Waals surface area contributed by atoms with Gasteiger partial charge >= 0.3 is 0 Å². The van der Waals surface area contributed by atoms with Gasteiger partial charge in [0.1, 0.15) is 5.78 Å². The fourth-order valence-corrected chi connectivity index (χ4v) is 3.42. The highest BCUT2D eigenvalue weighted by Gasteiger charge is 2.25. The largest absolute Gasteiger partial charge is 0.300 e. The number of nitrogens with zero attached hydrogens (tertiary/aromatic N) is 3. The molecule has 1 aromatic rings. The zero-order valence-electron chi connectivity index (χ0n) is 13.4. The molecule has 1 aliphatic heterocycles.